The number of hydrogen-bond donors (Lipinski definition) is 4. The van der Waals surface area contributed by atoms with Crippen LogP contribution < -0.4 is 16.0 Å². The molecule has 0 fully saturated rings. The molecule has 0 spiro atoms. The molecule has 11 heteroatoms. The number of Topliss-reactive ketones (excluding diaryl/α,β-unsaturated/α-hetero) is 1. The van der Waals surface area contributed by atoms with Crippen LogP contribution >= 0.6 is 11.3 Å². The van der Waals surface area contributed by atoms with Crippen molar-refractivity contribution in [3.63, 3.8) is 0 Å². The zero-order chi connectivity index (χ0) is 23.1. The van der Waals surface area contributed by atoms with Gasteiger partial charge >= 0.3 is 6.09 Å². The number of benzene rings is 1. The van der Waals surface area contributed by atoms with E-state index in [2.05, 4.69) is 26.1 Å². The van der Waals surface area contributed by atoms with Gasteiger partial charge in [-0.2, -0.15) is 0 Å². The molecule has 1 aliphatic heterocycles. The molecule has 1 aromatic heterocycles. The molecule has 1 aromatic carbocycles. The fourth-order valence-corrected chi connectivity index (χ4v) is 4.05. The summed E-state index contributed by atoms with van der Waals surface area (Å²) in [6.07, 6.45) is -1.52. The Hall–Kier alpha value is -2.89. The highest BCUT2D eigenvalue weighted by atomic mass is 32.1. The first-order valence-corrected chi connectivity index (χ1v) is 11.2. The summed E-state index contributed by atoms with van der Waals surface area (Å²) in [6.45, 7) is 3.96. The van der Waals surface area contributed by atoms with Gasteiger partial charge in [-0.3, -0.25) is 14.9 Å². The van der Waals surface area contributed by atoms with E-state index in [9.17, 15) is 19.5 Å². The summed E-state index contributed by atoms with van der Waals surface area (Å²) in [7, 11) is 0. The lowest BCUT2D eigenvalue weighted by atomic mass is 10.0. The van der Waals surface area contributed by atoms with E-state index in [0.29, 0.717) is 18.0 Å². The van der Waals surface area contributed by atoms with Gasteiger partial charge < -0.3 is 20.5 Å². The second kappa shape index (κ2) is 11.1. The van der Waals surface area contributed by atoms with Crippen molar-refractivity contribution in [2.45, 2.75) is 51.6 Å². The van der Waals surface area contributed by atoms with Crippen molar-refractivity contribution < 1.29 is 24.2 Å². The number of rotatable bonds is 6. The number of nitrogens with one attached hydrogen (secondary N) is 3. The monoisotopic (exact) mass is 461 g/mol. The number of alkyl carbamates (subject to hydrolysis) is 1. The van der Waals surface area contributed by atoms with Gasteiger partial charge in [0.15, 0.2) is 12.0 Å². The summed E-state index contributed by atoms with van der Waals surface area (Å²) in [6, 6.07) is 7.22. The summed E-state index contributed by atoms with van der Waals surface area (Å²) >= 11 is 1.36. The van der Waals surface area contributed by atoms with Crippen LogP contribution in [0.5, 0.6) is 0 Å². The quantitative estimate of drug-likeness (QED) is 0.489. The second-order valence-corrected chi connectivity index (χ2v) is 8.94. The zero-order valence-electron chi connectivity index (χ0n) is 17.9. The van der Waals surface area contributed by atoms with E-state index in [1.807, 2.05) is 30.3 Å². The molecule has 2 amide bonds. The number of aromatic nitrogens is 2. The predicted octanol–water partition coefficient (Wildman–Crippen LogP) is 0.550. The molecule has 172 valence electrons. The second-order valence-electron chi connectivity index (χ2n) is 7.79. The first-order valence-electron chi connectivity index (χ1n) is 10.4. The van der Waals surface area contributed by atoms with Crippen LogP contribution in [0.25, 0.3) is 0 Å². The Kier molecular flexibility index (Phi) is 8.26. The number of carbonyl (C=O) groups is 3. The third-order valence-corrected chi connectivity index (χ3v) is 5.93. The molecule has 0 aliphatic carbocycles. The first-order chi connectivity index (χ1) is 15.3. The Morgan fingerprint density at radius 2 is 1.97 bits per heavy atom. The fourth-order valence-electron chi connectivity index (χ4n) is 3.16. The van der Waals surface area contributed by atoms with Gasteiger partial charge in [0.25, 0.3) is 0 Å². The summed E-state index contributed by atoms with van der Waals surface area (Å²) in [5.74, 6) is -1.40. The van der Waals surface area contributed by atoms with E-state index in [1.165, 1.54) is 11.3 Å². The summed E-state index contributed by atoms with van der Waals surface area (Å²) < 4.78 is 5.21. The molecule has 1 aliphatic rings. The number of carbonyl (C=O) groups excluding carboxylic acids is 3. The molecule has 10 nitrogen and oxygen atoms in total. The average molecular weight is 462 g/mol. The van der Waals surface area contributed by atoms with Crippen molar-refractivity contribution in [3.8, 4) is 0 Å². The van der Waals surface area contributed by atoms with Crippen molar-refractivity contribution >= 4 is 29.1 Å². The molecule has 3 unspecified atom stereocenters. The van der Waals surface area contributed by atoms with E-state index in [0.717, 1.165) is 10.6 Å². The van der Waals surface area contributed by atoms with Gasteiger partial charge in [0.1, 0.15) is 22.7 Å². The summed E-state index contributed by atoms with van der Waals surface area (Å²) in [5.41, 5.74) is 0.818. The van der Waals surface area contributed by atoms with Gasteiger partial charge in [0, 0.05) is 19.4 Å². The molecule has 2 bridgehead atoms. The third kappa shape index (κ3) is 6.55. The van der Waals surface area contributed by atoms with Gasteiger partial charge in [-0.1, -0.05) is 44.2 Å². The Morgan fingerprint density at radius 1 is 1.25 bits per heavy atom. The van der Waals surface area contributed by atoms with E-state index >= 15 is 0 Å². The van der Waals surface area contributed by atoms with Crippen LogP contribution in [-0.2, 0) is 33.8 Å². The smallest absolute Gasteiger partial charge is 0.408 e. The van der Waals surface area contributed by atoms with Crippen molar-refractivity contribution in [2.24, 2.45) is 5.92 Å². The largest absolute Gasteiger partial charge is 0.445 e. The molecular weight excluding hydrogens is 434 g/mol. The van der Waals surface area contributed by atoms with Crippen LogP contribution in [0.15, 0.2) is 30.3 Å². The van der Waals surface area contributed by atoms with Gasteiger partial charge in [-0.25, -0.2) is 4.79 Å². The van der Waals surface area contributed by atoms with Crippen molar-refractivity contribution in [1.29, 1.82) is 0 Å². The number of amides is 2. The van der Waals surface area contributed by atoms with Crippen LogP contribution in [0.3, 0.4) is 0 Å². The molecule has 2 aromatic rings. The molecule has 2 heterocycles. The molecule has 32 heavy (non-hydrogen) atoms. The van der Waals surface area contributed by atoms with Crippen molar-refractivity contribution in [2.75, 3.05) is 6.54 Å². The average Bonchev–Trinajstić information content (AvgIpc) is 3.21. The maximum Gasteiger partial charge on any atom is 0.408 e. The number of hydrogen-bond acceptors (Lipinski definition) is 9. The maximum absolute atomic E-state index is 13.0. The number of nitrogens with zero attached hydrogens (tertiary/aromatic N) is 2. The van der Waals surface area contributed by atoms with Gasteiger partial charge in [0.2, 0.25) is 5.91 Å². The lowest BCUT2D eigenvalue weighted by Crippen LogP contribution is -2.57. The van der Waals surface area contributed by atoms with Crippen LogP contribution in [0.4, 0.5) is 4.79 Å². The molecule has 0 saturated heterocycles. The Balaban J connectivity index is 1.65. The normalized spacial score (nSPS) is 19.8. The molecular formula is C21H27N5O5S. The van der Waals surface area contributed by atoms with E-state index in [-0.39, 0.29) is 18.9 Å². The SMILES string of the molecule is CC(C)C(NC(=O)OCc1ccccc1)C(=O)NC1Cc2nnc(s2)CCNC(O)C1=O. The van der Waals surface area contributed by atoms with E-state index in [1.54, 1.807) is 13.8 Å². The maximum atomic E-state index is 13.0. The lowest BCUT2D eigenvalue weighted by molar-refractivity contribution is -0.135. The Morgan fingerprint density at radius 3 is 2.69 bits per heavy atom. The standard InChI is InChI=1S/C21H27N5O5S/c1-12(2)17(24-21(30)31-11-13-6-4-3-5-7-13)19(28)23-14-10-16-26-25-15(32-16)8-9-22-20(29)18(14)27/h3-7,12,14,17,20,22,29H,8-11H2,1-2H3,(H,23,28)(H,24,30). The summed E-state index contributed by atoms with van der Waals surface area (Å²) in [4.78, 5) is 37.9. The van der Waals surface area contributed by atoms with Gasteiger partial charge in [0.05, 0.1) is 6.04 Å². The van der Waals surface area contributed by atoms with Gasteiger partial charge in [-0.05, 0) is 11.5 Å². The number of aliphatic hydroxyl groups is 1. The minimum Gasteiger partial charge on any atom is -0.445 e. The van der Waals surface area contributed by atoms with Crippen LogP contribution in [0.1, 0.15) is 29.4 Å². The van der Waals surface area contributed by atoms with Crippen molar-refractivity contribution in [3.05, 3.63) is 45.9 Å². The lowest BCUT2D eigenvalue weighted by Gasteiger charge is -2.26. The highest BCUT2D eigenvalue weighted by molar-refractivity contribution is 7.11. The minimum atomic E-state index is -1.43. The first kappa shape index (κ1) is 23.8. The molecule has 0 radical (unpaired) electrons. The fraction of sp³-hybridized carbons (Fsp3) is 0.476. The van der Waals surface area contributed by atoms with Crippen molar-refractivity contribution in [1.82, 2.24) is 26.1 Å². The van der Waals surface area contributed by atoms with E-state index < -0.39 is 36.1 Å². The van der Waals surface area contributed by atoms with Crippen LogP contribution in [0.2, 0.25) is 0 Å². The number of ketones is 1. The van der Waals surface area contributed by atoms with Crippen LogP contribution in [0, 0.1) is 5.92 Å². The molecule has 3 atom stereocenters. The number of aliphatic hydroxyl groups excluding tert-OH is 1. The highest BCUT2D eigenvalue weighted by Gasteiger charge is 2.33. The summed E-state index contributed by atoms with van der Waals surface area (Å²) in [5, 5.41) is 27.6. The molecule has 3 rings (SSSR count). The van der Waals surface area contributed by atoms with Gasteiger partial charge in [-0.15, -0.1) is 21.5 Å². The highest BCUT2D eigenvalue weighted by Crippen LogP contribution is 2.15. The topological polar surface area (TPSA) is 143 Å². The number of ether oxygens (including phenoxy) is 1. The molecule has 0 saturated carbocycles. The predicted molar refractivity (Wildman–Crippen MR) is 117 cm³/mol. The van der Waals surface area contributed by atoms with Crippen LogP contribution in [-0.4, -0.2) is 57.9 Å². The Labute approximate surface area is 189 Å². The van der Waals surface area contributed by atoms with E-state index in [4.69, 9.17) is 4.74 Å². The third-order valence-electron chi connectivity index (χ3n) is 4.93. The minimum absolute atomic E-state index is 0.0669. The molecule has 4 N–H and O–H groups in total. The Bertz CT molecular complexity index is 936. The number of fused-ring (bicyclic) bond motifs is 2. The zero-order valence-corrected chi connectivity index (χ0v) is 18.7.